The van der Waals surface area contributed by atoms with E-state index in [-0.39, 0.29) is 11.8 Å². The lowest BCUT2D eigenvalue weighted by Crippen LogP contribution is -2.10. The maximum Gasteiger partial charge on any atom is 0.387 e. The zero-order valence-electron chi connectivity index (χ0n) is 11.1. The lowest BCUT2D eigenvalue weighted by molar-refractivity contribution is -0.0494. The van der Waals surface area contributed by atoms with Gasteiger partial charge in [-0.05, 0) is 25.1 Å². The molecule has 0 amide bonds. The number of alkyl halides is 2. The van der Waals surface area contributed by atoms with Crippen LogP contribution >= 0.6 is 0 Å². The van der Waals surface area contributed by atoms with E-state index in [0.717, 1.165) is 5.69 Å². The van der Waals surface area contributed by atoms with Gasteiger partial charge in [-0.2, -0.15) is 13.9 Å². The molecule has 1 unspecified atom stereocenters. The highest BCUT2D eigenvalue weighted by Gasteiger charge is 2.14. The van der Waals surface area contributed by atoms with Crippen LogP contribution in [0.5, 0.6) is 11.5 Å². The zero-order chi connectivity index (χ0) is 14.5. The summed E-state index contributed by atoms with van der Waals surface area (Å²) in [5.74, 6) is 0.609. The van der Waals surface area contributed by atoms with Gasteiger partial charge >= 0.3 is 6.61 Å². The molecule has 2 N–H and O–H groups in total. The summed E-state index contributed by atoms with van der Waals surface area (Å²) in [5.41, 5.74) is 1.25. The summed E-state index contributed by atoms with van der Waals surface area (Å²) in [6.45, 7) is -1.01. The Bertz CT molecular complexity index is 547. The number of nitrogens with one attached hydrogen (secondary N) is 2. The SMILES string of the molecule is COc1ccc(OC(F)F)c(NC(C)c2ccn[nH]2)c1. The number of halogens is 2. The molecule has 1 aromatic heterocycles. The molecule has 1 atom stereocenters. The van der Waals surface area contributed by atoms with Crippen LogP contribution in [0.15, 0.2) is 30.5 Å². The molecule has 20 heavy (non-hydrogen) atoms. The van der Waals surface area contributed by atoms with Crippen LogP contribution < -0.4 is 14.8 Å². The molecule has 108 valence electrons. The van der Waals surface area contributed by atoms with Crippen LogP contribution in [-0.2, 0) is 0 Å². The third kappa shape index (κ3) is 3.37. The van der Waals surface area contributed by atoms with E-state index >= 15 is 0 Å². The van der Waals surface area contributed by atoms with E-state index < -0.39 is 6.61 Å². The molecule has 2 rings (SSSR count). The first-order valence-corrected chi connectivity index (χ1v) is 5.99. The van der Waals surface area contributed by atoms with E-state index in [1.54, 1.807) is 24.4 Å². The highest BCUT2D eigenvalue weighted by atomic mass is 19.3. The average molecular weight is 283 g/mol. The fraction of sp³-hybridized carbons (Fsp3) is 0.308. The van der Waals surface area contributed by atoms with E-state index in [2.05, 4.69) is 20.3 Å². The summed E-state index contributed by atoms with van der Waals surface area (Å²) < 4.78 is 34.4. The number of aromatic amines is 1. The first-order chi connectivity index (χ1) is 9.60. The summed E-state index contributed by atoms with van der Waals surface area (Å²) in [6.07, 6.45) is 1.62. The van der Waals surface area contributed by atoms with Gasteiger partial charge in [0.1, 0.15) is 11.5 Å². The molecule has 7 heteroatoms. The predicted molar refractivity (Wildman–Crippen MR) is 70.3 cm³/mol. The Balaban J connectivity index is 2.23. The molecule has 0 fully saturated rings. The Hall–Kier alpha value is -2.31. The normalized spacial score (nSPS) is 12.2. The van der Waals surface area contributed by atoms with E-state index in [1.807, 2.05) is 6.92 Å². The molecule has 0 spiro atoms. The molecule has 1 heterocycles. The van der Waals surface area contributed by atoms with E-state index in [1.165, 1.54) is 13.2 Å². The summed E-state index contributed by atoms with van der Waals surface area (Å²) >= 11 is 0. The Labute approximate surface area is 114 Å². The Morgan fingerprint density at radius 3 is 2.70 bits per heavy atom. The Morgan fingerprint density at radius 2 is 2.10 bits per heavy atom. The number of H-pyrrole nitrogens is 1. The van der Waals surface area contributed by atoms with Crippen molar-refractivity contribution in [3.8, 4) is 11.5 Å². The minimum atomic E-state index is -2.88. The first-order valence-electron chi connectivity index (χ1n) is 5.99. The molecular weight excluding hydrogens is 268 g/mol. The molecule has 2 aromatic rings. The molecule has 0 saturated carbocycles. The highest BCUT2D eigenvalue weighted by Crippen LogP contribution is 2.32. The predicted octanol–water partition coefficient (Wildman–Crippen LogP) is 3.19. The second-order valence-electron chi connectivity index (χ2n) is 4.12. The Kier molecular flexibility index (Phi) is 4.39. The number of hydrogen-bond acceptors (Lipinski definition) is 4. The van der Waals surface area contributed by atoms with Crippen LogP contribution in [-0.4, -0.2) is 23.9 Å². The first kappa shape index (κ1) is 14.1. The van der Waals surface area contributed by atoms with E-state index in [4.69, 9.17) is 4.74 Å². The van der Waals surface area contributed by atoms with Gasteiger partial charge in [-0.15, -0.1) is 0 Å². The summed E-state index contributed by atoms with van der Waals surface area (Å²) in [4.78, 5) is 0. The van der Waals surface area contributed by atoms with Gasteiger partial charge in [0.25, 0.3) is 0 Å². The standard InChI is InChI=1S/C13H15F2N3O2/c1-8(10-5-6-16-18-10)17-11-7-9(19-2)3-4-12(11)20-13(14)15/h3-8,13,17H,1-2H3,(H,16,18). The second-order valence-corrected chi connectivity index (χ2v) is 4.12. The van der Waals surface area contributed by atoms with Gasteiger partial charge in [-0.1, -0.05) is 0 Å². The molecule has 1 aromatic carbocycles. The second kappa shape index (κ2) is 6.23. The molecule has 0 bridgehead atoms. The van der Waals surface area contributed by atoms with Gasteiger partial charge in [-0.3, -0.25) is 5.10 Å². The molecule has 0 saturated heterocycles. The van der Waals surface area contributed by atoms with Crippen molar-refractivity contribution >= 4 is 5.69 Å². The number of benzene rings is 1. The van der Waals surface area contributed by atoms with Crippen molar-refractivity contribution in [3.63, 3.8) is 0 Å². The third-order valence-electron chi connectivity index (χ3n) is 2.76. The lowest BCUT2D eigenvalue weighted by Gasteiger charge is -2.18. The van der Waals surface area contributed by atoms with Crippen molar-refractivity contribution in [2.24, 2.45) is 0 Å². The summed E-state index contributed by atoms with van der Waals surface area (Å²) in [7, 11) is 1.51. The minimum Gasteiger partial charge on any atom is -0.497 e. The number of hydrogen-bond donors (Lipinski definition) is 2. The number of aromatic nitrogens is 2. The van der Waals surface area contributed by atoms with Crippen molar-refractivity contribution in [3.05, 3.63) is 36.2 Å². The molecule has 0 aliphatic heterocycles. The molecule has 5 nitrogen and oxygen atoms in total. The molecule has 0 aliphatic carbocycles. The third-order valence-corrected chi connectivity index (χ3v) is 2.76. The Morgan fingerprint density at radius 1 is 1.30 bits per heavy atom. The van der Waals surface area contributed by atoms with Gasteiger partial charge in [0, 0.05) is 12.3 Å². The van der Waals surface area contributed by atoms with Gasteiger partial charge in [0.2, 0.25) is 0 Å². The number of rotatable bonds is 6. The van der Waals surface area contributed by atoms with Crippen LogP contribution in [0, 0.1) is 0 Å². The maximum atomic E-state index is 12.4. The van der Waals surface area contributed by atoms with Crippen LogP contribution in [0.2, 0.25) is 0 Å². The number of methoxy groups -OCH3 is 1. The van der Waals surface area contributed by atoms with Crippen LogP contribution in [0.4, 0.5) is 14.5 Å². The maximum absolute atomic E-state index is 12.4. The van der Waals surface area contributed by atoms with Crippen molar-refractivity contribution < 1.29 is 18.3 Å². The van der Waals surface area contributed by atoms with Crippen LogP contribution in [0.1, 0.15) is 18.7 Å². The van der Waals surface area contributed by atoms with Gasteiger partial charge < -0.3 is 14.8 Å². The van der Waals surface area contributed by atoms with Gasteiger partial charge in [-0.25, -0.2) is 0 Å². The highest BCUT2D eigenvalue weighted by molar-refractivity contribution is 5.60. The van der Waals surface area contributed by atoms with Crippen molar-refractivity contribution in [2.45, 2.75) is 19.6 Å². The van der Waals surface area contributed by atoms with Gasteiger partial charge in [0.05, 0.1) is 24.5 Å². The monoisotopic (exact) mass is 283 g/mol. The molecular formula is C13H15F2N3O2. The number of ether oxygens (including phenoxy) is 2. The smallest absolute Gasteiger partial charge is 0.387 e. The molecule has 0 aliphatic rings. The van der Waals surface area contributed by atoms with Crippen LogP contribution in [0.25, 0.3) is 0 Å². The number of nitrogens with zero attached hydrogens (tertiary/aromatic N) is 1. The van der Waals surface area contributed by atoms with Crippen molar-refractivity contribution in [2.75, 3.05) is 12.4 Å². The van der Waals surface area contributed by atoms with Crippen molar-refractivity contribution in [1.82, 2.24) is 10.2 Å². The van der Waals surface area contributed by atoms with Gasteiger partial charge in [0.15, 0.2) is 0 Å². The van der Waals surface area contributed by atoms with Crippen LogP contribution in [0.3, 0.4) is 0 Å². The van der Waals surface area contributed by atoms with Crippen molar-refractivity contribution in [1.29, 1.82) is 0 Å². The number of anilines is 1. The largest absolute Gasteiger partial charge is 0.497 e. The molecule has 0 radical (unpaired) electrons. The van der Waals surface area contributed by atoms with E-state index in [0.29, 0.717) is 11.4 Å². The fourth-order valence-corrected chi connectivity index (χ4v) is 1.77. The lowest BCUT2D eigenvalue weighted by atomic mass is 10.2. The minimum absolute atomic E-state index is 0.0622. The van der Waals surface area contributed by atoms with E-state index in [9.17, 15) is 8.78 Å². The average Bonchev–Trinajstić information content (AvgIpc) is 2.94. The topological polar surface area (TPSA) is 59.2 Å². The quantitative estimate of drug-likeness (QED) is 0.854. The fourth-order valence-electron chi connectivity index (χ4n) is 1.77. The summed E-state index contributed by atoms with van der Waals surface area (Å²) in [5, 5.41) is 9.75. The zero-order valence-corrected chi connectivity index (χ0v) is 11.1. The summed E-state index contributed by atoms with van der Waals surface area (Å²) in [6, 6.07) is 6.25.